The van der Waals surface area contributed by atoms with Gasteiger partial charge in [0.15, 0.2) is 5.16 Å². The molecule has 0 unspecified atom stereocenters. The Morgan fingerprint density at radius 1 is 1.34 bits per heavy atom. The van der Waals surface area contributed by atoms with Gasteiger partial charge < -0.3 is 4.90 Å². The first kappa shape index (κ1) is 21.1. The average molecular weight is 411 g/mol. The molecule has 0 spiro atoms. The summed E-state index contributed by atoms with van der Waals surface area (Å²) in [5.74, 6) is 0.115. The van der Waals surface area contributed by atoms with Crippen molar-refractivity contribution in [2.24, 2.45) is 0 Å². The third-order valence-electron chi connectivity index (χ3n) is 5.18. The molecule has 152 valence electrons. The van der Waals surface area contributed by atoms with E-state index in [4.69, 9.17) is 5.26 Å². The minimum absolute atomic E-state index is 0.0557. The summed E-state index contributed by atoms with van der Waals surface area (Å²) >= 11 is 1.29. The van der Waals surface area contributed by atoms with E-state index >= 15 is 0 Å². The number of rotatable bonds is 8. The van der Waals surface area contributed by atoms with Gasteiger partial charge in [-0.15, -0.1) is 0 Å². The van der Waals surface area contributed by atoms with Gasteiger partial charge in [0, 0.05) is 20.1 Å². The Morgan fingerprint density at radius 2 is 2.17 bits per heavy atom. The fourth-order valence-corrected chi connectivity index (χ4v) is 4.39. The van der Waals surface area contributed by atoms with Crippen LogP contribution in [0.2, 0.25) is 0 Å². The smallest absolute Gasteiger partial charge is 0.262 e. The number of hydrogen-bond acceptors (Lipinski definition) is 5. The highest BCUT2D eigenvalue weighted by molar-refractivity contribution is 7.99. The summed E-state index contributed by atoms with van der Waals surface area (Å²) in [5, 5.41) is 9.87. The molecule has 0 aliphatic heterocycles. The molecule has 1 aromatic heterocycles. The predicted molar refractivity (Wildman–Crippen MR) is 116 cm³/mol. The van der Waals surface area contributed by atoms with Crippen LogP contribution >= 0.6 is 11.8 Å². The lowest BCUT2D eigenvalue weighted by molar-refractivity contribution is -0.127. The maximum absolute atomic E-state index is 13.1. The molecule has 2 aromatic rings. The third-order valence-corrected chi connectivity index (χ3v) is 6.14. The van der Waals surface area contributed by atoms with Crippen LogP contribution in [0.1, 0.15) is 38.5 Å². The lowest BCUT2D eigenvalue weighted by Crippen LogP contribution is -2.30. The number of para-hydroxylation sites is 1. The van der Waals surface area contributed by atoms with Crippen molar-refractivity contribution in [3.8, 4) is 6.07 Å². The van der Waals surface area contributed by atoms with Gasteiger partial charge in [-0.05, 0) is 44.2 Å². The van der Waals surface area contributed by atoms with Gasteiger partial charge in [0.2, 0.25) is 5.91 Å². The molecule has 0 N–H and O–H groups in total. The normalized spacial score (nSPS) is 13.7. The first-order chi connectivity index (χ1) is 14.1. The molecule has 3 rings (SSSR count). The van der Waals surface area contributed by atoms with Gasteiger partial charge in [0.25, 0.3) is 5.56 Å². The minimum atomic E-state index is -0.0748. The molecule has 1 amide bonds. The summed E-state index contributed by atoms with van der Waals surface area (Å²) in [6.07, 6.45) is 8.10. The average Bonchev–Trinajstić information content (AvgIpc) is 2.76. The molecule has 6 nitrogen and oxygen atoms in total. The molecule has 0 saturated carbocycles. The Labute approximate surface area is 175 Å². The van der Waals surface area contributed by atoms with Crippen LogP contribution in [0.4, 0.5) is 0 Å². The fraction of sp³-hybridized carbons (Fsp3) is 0.455. The number of fused-ring (bicyclic) bond motifs is 1. The van der Waals surface area contributed by atoms with E-state index in [9.17, 15) is 9.59 Å². The molecule has 0 radical (unpaired) electrons. The molecule has 0 bridgehead atoms. The van der Waals surface area contributed by atoms with E-state index in [-0.39, 0.29) is 17.2 Å². The second-order valence-electron chi connectivity index (χ2n) is 7.24. The van der Waals surface area contributed by atoms with E-state index < -0.39 is 0 Å². The largest absolute Gasteiger partial charge is 0.344 e. The maximum Gasteiger partial charge on any atom is 0.262 e. The van der Waals surface area contributed by atoms with Gasteiger partial charge in [-0.1, -0.05) is 35.5 Å². The van der Waals surface area contributed by atoms with Gasteiger partial charge in [0.05, 0.1) is 29.1 Å². The monoisotopic (exact) mass is 410 g/mol. The maximum atomic E-state index is 13.1. The quantitative estimate of drug-likeness (QED) is 0.376. The predicted octanol–water partition coefficient (Wildman–Crippen LogP) is 3.75. The molecular weight excluding hydrogens is 384 g/mol. The Kier molecular flexibility index (Phi) is 7.48. The van der Waals surface area contributed by atoms with E-state index in [1.165, 1.54) is 30.2 Å². The van der Waals surface area contributed by atoms with Gasteiger partial charge >= 0.3 is 0 Å². The topological polar surface area (TPSA) is 79.0 Å². The molecule has 7 heteroatoms. The van der Waals surface area contributed by atoms with Crippen molar-refractivity contribution in [2.75, 3.05) is 19.3 Å². The highest BCUT2D eigenvalue weighted by Gasteiger charge is 2.15. The molecular formula is C22H26N4O2S. The van der Waals surface area contributed by atoms with Gasteiger partial charge in [-0.3, -0.25) is 14.2 Å². The number of amides is 1. The van der Waals surface area contributed by atoms with E-state index in [2.05, 4.69) is 11.1 Å². The lowest BCUT2D eigenvalue weighted by Gasteiger charge is -2.18. The van der Waals surface area contributed by atoms with Crippen molar-refractivity contribution in [1.82, 2.24) is 14.5 Å². The second-order valence-corrected chi connectivity index (χ2v) is 8.18. The van der Waals surface area contributed by atoms with Crippen LogP contribution in [-0.4, -0.2) is 39.7 Å². The summed E-state index contributed by atoms with van der Waals surface area (Å²) in [5.41, 5.74) is 2.00. The van der Waals surface area contributed by atoms with Crippen LogP contribution in [0.5, 0.6) is 0 Å². The van der Waals surface area contributed by atoms with Crippen molar-refractivity contribution in [3.05, 3.63) is 46.3 Å². The van der Waals surface area contributed by atoms with Gasteiger partial charge in [0.1, 0.15) is 0 Å². The zero-order valence-electron chi connectivity index (χ0n) is 16.8. The van der Waals surface area contributed by atoms with Crippen LogP contribution in [0.15, 0.2) is 45.9 Å². The van der Waals surface area contributed by atoms with E-state index in [1.807, 2.05) is 24.3 Å². The van der Waals surface area contributed by atoms with Gasteiger partial charge in [-0.25, -0.2) is 4.98 Å². The van der Waals surface area contributed by atoms with Crippen molar-refractivity contribution in [3.63, 3.8) is 0 Å². The Hall–Kier alpha value is -2.59. The van der Waals surface area contributed by atoms with Crippen LogP contribution < -0.4 is 5.56 Å². The molecule has 0 saturated heterocycles. The van der Waals surface area contributed by atoms with Crippen molar-refractivity contribution >= 4 is 28.6 Å². The number of allylic oxidation sites excluding steroid dienone is 2. The minimum Gasteiger partial charge on any atom is -0.344 e. The zero-order valence-corrected chi connectivity index (χ0v) is 17.6. The SMILES string of the molecule is CN(CCC#N)C(=O)CSc1nc2ccccc2c(=O)n1CCC1=CCCCC1. The van der Waals surface area contributed by atoms with E-state index in [0.29, 0.717) is 35.6 Å². The zero-order chi connectivity index (χ0) is 20.6. The molecule has 1 heterocycles. The summed E-state index contributed by atoms with van der Waals surface area (Å²) in [6.45, 7) is 0.977. The van der Waals surface area contributed by atoms with Gasteiger partial charge in [-0.2, -0.15) is 5.26 Å². The number of thioether (sulfide) groups is 1. The van der Waals surface area contributed by atoms with E-state index in [0.717, 1.165) is 19.3 Å². The molecule has 0 atom stereocenters. The first-order valence-electron chi connectivity index (χ1n) is 10.0. The lowest BCUT2D eigenvalue weighted by atomic mass is 9.97. The number of carbonyl (C=O) groups excluding carboxylic acids is 1. The summed E-state index contributed by atoms with van der Waals surface area (Å²) in [7, 11) is 1.69. The summed E-state index contributed by atoms with van der Waals surface area (Å²) < 4.78 is 1.71. The fourth-order valence-electron chi connectivity index (χ4n) is 3.42. The number of hydrogen-bond donors (Lipinski definition) is 0. The molecule has 1 aromatic carbocycles. The summed E-state index contributed by atoms with van der Waals surface area (Å²) in [4.78, 5) is 31.7. The number of nitrogens with zero attached hydrogens (tertiary/aromatic N) is 4. The standard InChI is InChI=1S/C22H26N4O2S/c1-25(14-7-13-23)20(27)16-29-22-24-19-11-6-5-10-18(19)21(28)26(22)15-12-17-8-3-2-4-9-17/h5-6,8,10-11H,2-4,7,9,12,14-16H2,1H3. The third kappa shape index (κ3) is 5.48. The van der Waals surface area contributed by atoms with Crippen molar-refractivity contribution in [1.29, 1.82) is 5.26 Å². The van der Waals surface area contributed by atoms with Crippen LogP contribution in [-0.2, 0) is 11.3 Å². The van der Waals surface area contributed by atoms with Crippen LogP contribution in [0.3, 0.4) is 0 Å². The Balaban J connectivity index is 1.82. The van der Waals surface area contributed by atoms with Crippen LogP contribution in [0.25, 0.3) is 10.9 Å². The van der Waals surface area contributed by atoms with Crippen molar-refractivity contribution < 1.29 is 4.79 Å². The number of benzene rings is 1. The highest BCUT2D eigenvalue weighted by Crippen LogP contribution is 2.23. The summed E-state index contributed by atoms with van der Waals surface area (Å²) in [6, 6.07) is 9.39. The Morgan fingerprint density at radius 3 is 2.93 bits per heavy atom. The molecule has 1 aliphatic rings. The first-order valence-corrected chi connectivity index (χ1v) is 11.0. The van der Waals surface area contributed by atoms with E-state index in [1.54, 1.807) is 22.6 Å². The number of aromatic nitrogens is 2. The molecule has 29 heavy (non-hydrogen) atoms. The van der Waals surface area contributed by atoms with Crippen LogP contribution in [0, 0.1) is 11.3 Å². The highest BCUT2D eigenvalue weighted by atomic mass is 32.2. The number of carbonyl (C=O) groups is 1. The molecule has 1 aliphatic carbocycles. The second kappa shape index (κ2) is 10.3. The molecule has 0 fully saturated rings. The Bertz CT molecular complexity index is 1010. The van der Waals surface area contributed by atoms with Crippen molar-refractivity contribution in [2.45, 2.75) is 50.2 Å². The number of nitriles is 1.